The van der Waals surface area contributed by atoms with E-state index in [4.69, 9.17) is 11.6 Å². The van der Waals surface area contributed by atoms with Crippen LogP contribution in [0.3, 0.4) is 0 Å². The largest absolute Gasteiger partial charge is 0.325 e. The zero-order valence-electron chi connectivity index (χ0n) is 13.6. The topological polar surface area (TPSA) is 71.1 Å². The minimum Gasteiger partial charge on any atom is -0.307 e. The Hall–Kier alpha value is -2.05. The summed E-state index contributed by atoms with van der Waals surface area (Å²) in [5, 5.41) is 5.75. The Bertz CT molecular complexity index is 750. The Balaban J connectivity index is 1.90. The van der Waals surface area contributed by atoms with Gasteiger partial charge in [0.25, 0.3) is 0 Å². The fourth-order valence-electron chi connectivity index (χ4n) is 1.99. The Morgan fingerprint density at radius 1 is 1.21 bits per heavy atom. The van der Waals surface area contributed by atoms with Crippen molar-refractivity contribution in [3.63, 3.8) is 0 Å². The number of urea groups is 1. The molecule has 5 nitrogen and oxygen atoms in total. The molecule has 0 bridgehead atoms. The lowest BCUT2D eigenvalue weighted by atomic mass is 10.1. The molecule has 0 aliphatic heterocycles. The average Bonchev–Trinajstić information content (AvgIpc) is 2.52. The highest BCUT2D eigenvalue weighted by Gasteiger charge is 2.18. The monoisotopic (exact) mass is 363 g/mol. The summed E-state index contributed by atoms with van der Waals surface area (Å²) < 4.78 is 0. The molecule has 2 rings (SSSR count). The molecule has 1 unspecified atom stereocenters. The molecule has 1 aromatic heterocycles. The van der Waals surface area contributed by atoms with Gasteiger partial charge in [-0.2, -0.15) is 0 Å². The quantitative estimate of drug-likeness (QED) is 0.799. The molecule has 7 heteroatoms. The number of aromatic nitrogens is 1. The summed E-state index contributed by atoms with van der Waals surface area (Å²) in [5.41, 5.74) is 2.71. The van der Waals surface area contributed by atoms with Crippen molar-refractivity contribution in [3.8, 4) is 0 Å². The third-order valence-electron chi connectivity index (χ3n) is 3.23. The third-order valence-corrected chi connectivity index (χ3v) is 4.51. The second-order valence-corrected chi connectivity index (χ2v) is 7.13. The Kier molecular flexibility index (Phi) is 6.23. The Labute approximate surface area is 150 Å². The molecule has 0 spiro atoms. The highest BCUT2D eigenvalue weighted by atomic mass is 35.5. The molecule has 126 valence electrons. The number of carbonyl (C=O) groups excluding carboxylic acids is 2. The minimum absolute atomic E-state index is 0.390. The van der Waals surface area contributed by atoms with Gasteiger partial charge >= 0.3 is 6.03 Å². The van der Waals surface area contributed by atoms with Crippen molar-refractivity contribution in [2.75, 3.05) is 5.32 Å². The first-order valence-electron chi connectivity index (χ1n) is 7.32. The van der Waals surface area contributed by atoms with Crippen molar-refractivity contribution < 1.29 is 9.59 Å². The molecule has 0 saturated carbocycles. The number of pyridine rings is 1. The van der Waals surface area contributed by atoms with E-state index in [-0.39, 0.29) is 5.91 Å². The van der Waals surface area contributed by atoms with Crippen LogP contribution >= 0.6 is 23.4 Å². The maximum atomic E-state index is 12.1. The fraction of sp³-hybridized carbons (Fsp3) is 0.235. The molecule has 0 radical (unpaired) electrons. The van der Waals surface area contributed by atoms with Crippen LogP contribution < -0.4 is 10.6 Å². The van der Waals surface area contributed by atoms with Gasteiger partial charge in [-0.1, -0.05) is 41.1 Å². The number of hydrogen-bond donors (Lipinski definition) is 2. The number of benzene rings is 1. The van der Waals surface area contributed by atoms with Crippen LogP contribution in [0.2, 0.25) is 5.02 Å². The molecule has 24 heavy (non-hydrogen) atoms. The van der Waals surface area contributed by atoms with Crippen LogP contribution in [0.25, 0.3) is 0 Å². The van der Waals surface area contributed by atoms with Crippen LogP contribution in [0.5, 0.6) is 0 Å². The normalized spacial score (nSPS) is 11.7. The molecule has 0 fully saturated rings. The van der Waals surface area contributed by atoms with E-state index < -0.39 is 11.3 Å². The molecule has 3 amide bonds. The molecule has 0 saturated heterocycles. The van der Waals surface area contributed by atoms with Crippen LogP contribution in [0, 0.1) is 13.8 Å². The van der Waals surface area contributed by atoms with Crippen molar-refractivity contribution in [1.29, 1.82) is 0 Å². The zero-order valence-corrected chi connectivity index (χ0v) is 15.2. The fourth-order valence-corrected chi connectivity index (χ4v) is 2.89. The number of hydrogen-bond acceptors (Lipinski definition) is 4. The molecule has 2 N–H and O–H groups in total. The first kappa shape index (κ1) is 18.3. The molecule has 1 heterocycles. The highest BCUT2D eigenvalue weighted by molar-refractivity contribution is 8.00. The minimum atomic E-state index is -0.552. The van der Waals surface area contributed by atoms with E-state index in [9.17, 15) is 9.59 Å². The lowest BCUT2D eigenvalue weighted by Gasteiger charge is -2.13. The lowest BCUT2D eigenvalue weighted by molar-refractivity contribution is -0.119. The van der Waals surface area contributed by atoms with Gasteiger partial charge in [0.05, 0.1) is 15.3 Å². The van der Waals surface area contributed by atoms with Gasteiger partial charge in [0.2, 0.25) is 5.91 Å². The number of imide groups is 1. The van der Waals surface area contributed by atoms with Crippen molar-refractivity contribution in [3.05, 3.63) is 52.7 Å². The first-order chi connectivity index (χ1) is 11.3. The number of halogens is 1. The number of amides is 3. The predicted octanol–water partition coefficient (Wildman–Crippen LogP) is 4.18. The maximum Gasteiger partial charge on any atom is 0.325 e. The van der Waals surface area contributed by atoms with Crippen LogP contribution in [0.15, 0.2) is 41.6 Å². The Morgan fingerprint density at radius 2 is 1.96 bits per heavy atom. The molecular weight excluding hydrogens is 346 g/mol. The van der Waals surface area contributed by atoms with Gasteiger partial charge in [0.15, 0.2) is 0 Å². The summed E-state index contributed by atoms with van der Waals surface area (Å²) in [4.78, 5) is 28.2. The molecule has 2 aromatic rings. The molecule has 1 aromatic carbocycles. The first-order valence-corrected chi connectivity index (χ1v) is 8.58. The molecular formula is C17H18ClN3O2S. The molecule has 1 atom stereocenters. The van der Waals surface area contributed by atoms with Crippen molar-refractivity contribution >= 4 is 41.0 Å². The number of aryl methyl sites for hydroxylation is 2. The van der Waals surface area contributed by atoms with Crippen LogP contribution in [0.4, 0.5) is 10.5 Å². The summed E-state index contributed by atoms with van der Waals surface area (Å²) in [5.74, 6) is -0.390. The van der Waals surface area contributed by atoms with Crippen LogP contribution in [0.1, 0.15) is 18.1 Å². The highest BCUT2D eigenvalue weighted by Crippen LogP contribution is 2.22. The average molecular weight is 364 g/mol. The number of nitrogens with zero attached hydrogens (tertiary/aromatic N) is 1. The third kappa shape index (κ3) is 5.25. The van der Waals surface area contributed by atoms with Crippen molar-refractivity contribution in [1.82, 2.24) is 10.3 Å². The van der Waals surface area contributed by atoms with E-state index >= 15 is 0 Å². The van der Waals surface area contributed by atoms with E-state index in [1.54, 1.807) is 19.1 Å². The number of nitrogens with one attached hydrogen (secondary N) is 2. The lowest BCUT2D eigenvalue weighted by Crippen LogP contribution is -2.39. The summed E-state index contributed by atoms with van der Waals surface area (Å²) >= 11 is 7.03. The van der Waals surface area contributed by atoms with Gasteiger partial charge in [-0.15, -0.1) is 0 Å². The van der Waals surface area contributed by atoms with E-state index in [1.807, 2.05) is 32.0 Å². The van der Waals surface area contributed by atoms with Gasteiger partial charge in [0, 0.05) is 11.9 Å². The van der Waals surface area contributed by atoms with Crippen LogP contribution in [-0.4, -0.2) is 22.2 Å². The van der Waals surface area contributed by atoms with Crippen LogP contribution in [-0.2, 0) is 4.79 Å². The van der Waals surface area contributed by atoms with Gasteiger partial charge in [-0.3, -0.25) is 10.1 Å². The van der Waals surface area contributed by atoms with E-state index in [1.165, 1.54) is 18.0 Å². The SMILES string of the molecule is Cc1ccc(NC(=O)NC(=O)C(C)Sc2ccc(Cl)cn2)c(C)c1. The Morgan fingerprint density at radius 3 is 2.58 bits per heavy atom. The summed E-state index contributed by atoms with van der Waals surface area (Å²) in [6.07, 6.45) is 1.52. The van der Waals surface area contributed by atoms with E-state index in [0.29, 0.717) is 15.7 Å². The number of rotatable bonds is 4. The van der Waals surface area contributed by atoms with E-state index in [2.05, 4.69) is 15.6 Å². The van der Waals surface area contributed by atoms with Gasteiger partial charge in [-0.25, -0.2) is 9.78 Å². The molecule has 0 aliphatic carbocycles. The zero-order chi connectivity index (χ0) is 17.7. The number of carbonyl (C=O) groups is 2. The second-order valence-electron chi connectivity index (χ2n) is 5.34. The second kappa shape index (κ2) is 8.17. The van der Waals surface area contributed by atoms with E-state index in [0.717, 1.165) is 11.1 Å². The number of thioether (sulfide) groups is 1. The standard InChI is InChI=1S/C17H18ClN3O2S/c1-10-4-6-14(11(2)8-10)20-17(23)21-16(22)12(3)24-15-7-5-13(18)9-19-15/h4-9,12H,1-3H3,(H2,20,21,22,23). The van der Waals surface area contributed by atoms with Crippen molar-refractivity contribution in [2.24, 2.45) is 0 Å². The molecule has 0 aliphatic rings. The van der Waals surface area contributed by atoms with Gasteiger partial charge in [-0.05, 0) is 44.5 Å². The predicted molar refractivity (Wildman–Crippen MR) is 97.6 cm³/mol. The summed E-state index contributed by atoms with van der Waals surface area (Å²) in [7, 11) is 0. The smallest absolute Gasteiger partial charge is 0.307 e. The maximum absolute atomic E-state index is 12.1. The van der Waals surface area contributed by atoms with Crippen molar-refractivity contribution in [2.45, 2.75) is 31.0 Å². The van der Waals surface area contributed by atoms with Gasteiger partial charge in [0.1, 0.15) is 0 Å². The summed E-state index contributed by atoms with van der Waals surface area (Å²) in [6, 6.07) is 8.55. The van der Waals surface area contributed by atoms with Gasteiger partial charge < -0.3 is 5.32 Å². The summed E-state index contributed by atoms with van der Waals surface area (Å²) in [6.45, 7) is 5.58. The number of anilines is 1.